The number of rotatable bonds is 8. The second-order valence-corrected chi connectivity index (χ2v) is 8.05. The van der Waals surface area contributed by atoms with E-state index in [0.29, 0.717) is 22.2 Å². The number of ether oxygens (including phenoxy) is 2. The molecule has 30 heavy (non-hydrogen) atoms. The Morgan fingerprint density at radius 1 is 1.17 bits per heavy atom. The zero-order valence-corrected chi connectivity index (χ0v) is 17.8. The molecule has 10 heteroatoms. The molecule has 1 aliphatic rings. The average molecular weight is 449 g/mol. The summed E-state index contributed by atoms with van der Waals surface area (Å²) in [6.07, 6.45) is 0. The van der Waals surface area contributed by atoms with Gasteiger partial charge in [0.2, 0.25) is 5.91 Å². The molecule has 0 bridgehead atoms. The van der Waals surface area contributed by atoms with Crippen molar-refractivity contribution >= 4 is 51.9 Å². The summed E-state index contributed by atoms with van der Waals surface area (Å²) in [7, 11) is 0. The first-order chi connectivity index (χ1) is 14.5. The van der Waals surface area contributed by atoms with Crippen molar-refractivity contribution in [3.8, 4) is 11.1 Å². The Kier molecular flexibility index (Phi) is 7.47. The van der Waals surface area contributed by atoms with Gasteiger partial charge < -0.3 is 19.7 Å². The molecule has 1 aromatic heterocycles. The van der Waals surface area contributed by atoms with Crippen LogP contribution in [0.3, 0.4) is 0 Å². The summed E-state index contributed by atoms with van der Waals surface area (Å²) in [4.78, 5) is 49.6. The Morgan fingerprint density at radius 3 is 2.60 bits per heavy atom. The molecule has 2 aromatic rings. The van der Waals surface area contributed by atoms with Crippen molar-refractivity contribution in [2.75, 3.05) is 36.7 Å². The lowest BCUT2D eigenvalue weighted by molar-refractivity contribution is -0.150. The average Bonchev–Trinajstić information content (AvgIpc) is 3.33. The molecule has 0 radical (unpaired) electrons. The van der Waals surface area contributed by atoms with Crippen molar-refractivity contribution in [3.05, 3.63) is 41.3 Å². The maximum atomic E-state index is 12.5. The Hall–Kier alpha value is -2.85. The predicted octanol–water partition coefficient (Wildman–Crippen LogP) is 2.61. The molecule has 1 aromatic carbocycles. The molecule has 2 amide bonds. The SMILES string of the molecule is CCOC(=O)c1c(-c2ccccc2)csc1NC(=O)COC(=O)CN1CSCC1=O. The van der Waals surface area contributed by atoms with Gasteiger partial charge in [0.05, 0.1) is 18.2 Å². The first-order valence-electron chi connectivity index (χ1n) is 9.14. The number of anilines is 1. The zero-order valence-electron chi connectivity index (χ0n) is 16.2. The van der Waals surface area contributed by atoms with Crippen molar-refractivity contribution < 1.29 is 28.7 Å². The van der Waals surface area contributed by atoms with Gasteiger partial charge >= 0.3 is 11.9 Å². The summed E-state index contributed by atoms with van der Waals surface area (Å²) in [6, 6.07) is 9.28. The van der Waals surface area contributed by atoms with Gasteiger partial charge in [0.1, 0.15) is 17.1 Å². The van der Waals surface area contributed by atoms with Gasteiger partial charge in [0, 0.05) is 10.9 Å². The largest absolute Gasteiger partial charge is 0.462 e. The number of thioether (sulfide) groups is 1. The predicted molar refractivity (Wildman–Crippen MR) is 114 cm³/mol. The van der Waals surface area contributed by atoms with Gasteiger partial charge in [-0.05, 0) is 12.5 Å². The van der Waals surface area contributed by atoms with Crippen LogP contribution in [0.5, 0.6) is 0 Å². The summed E-state index contributed by atoms with van der Waals surface area (Å²) in [5, 5.41) is 4.70. The molecule has 0 spiro atoms. The molecule has 1 N–H and O–H groups in total. The van der Waals surface area contributed by atoms with Crippen LogP contribution >= 0.6 is 23.1 Å². The molecular formula is C20H20N2O6S2. The third-order valence-electron chi connectivity index (χ3n) is 4.12. The minimum atomic E-state index is -0.664. The lowest BCUT2D eigenvalue weighted by atomic mass is 10.0. The molecule has 0 unspecified atom stereocenters. The number of esters is 2. The summed E-state index contributed by atoms with van der Waals surface area (Å²) in [5.74, 6) is -1.16. The highest BCUT2D eigenvalue weighted by atomic mass is 32.2. The van der Waals surface area contributed by atoms with Gasteiger partial charge in [-0.15, -0.1) is 23.1 Å². The molecule has 1 fully saturated rings. The number of benzene rings is 1. The number of carbonyl (C=O) groups excluding carboxylic acids is 4. The zero-order chi connectivity index (χ0) is 21.5. The molecule has 3 rings (SSSR count). The molecule has 1 aliphatic heterocycles. The maximum Gasteiger partial charge on any atom is 0.341 e. The van der Waals surface area contributed by atoms with Crippen LogP contribution in [0.1, 0.15) is 17.3 Å². The third-order valence-corrected chi connectivity index (χ3v) is 5.96. The van der Waals surface area contributed by atoms with E-state index in [1.54, 1.807) is 12.3 Å². The normalized spacial score (nSPS) is 13.2. The second-order valence-electron chi connectivity index (χ2n) is 6.22. The van der Waals surface area contributed by atoms with Crippen LogP contribution in [-0.4, -0.2) is 60.0 Å². The van der Waals surface area contributed by atoms with E-state index in [0.717, 1.165) is 5.56 Å². The Balaban J connectivity index is 1.65. The maximum absolute atomic E-state index is 12.5. The number of amides is 2. The molecule has 8 nitrogen and oxygen atoms in total. The Bertz CT molecular complexity index is 944. The highest BCUT2D eigenvalue weighted by Gasteiger charge is 2.25. The van der Waals surface area contributed by atoms with Gasteiger partial charge in [-0.3, -0.25) is 14.4 Å². The summed E-state index contributed by atoms with van der Waals surface area (Å²) in [5.41, 5.74) is 1.72. The molecule has 1 saturated heterocycles. The molecule has 0 aliphatic carbocycles. The van der Waals surface area contributed by atoms with Crippen LogP contribution in [-0.2, 0) is 23.9 Å². The van der Waals surface area contributed by atoms with Crippen LogP contribution in [0, 0.1) is 0 Å². The van der Waals surface area contributed by atoms with Crippen LogP contribution in [0.2, 0.25) is 0 Å². The van der Waals surface area contributed by atoms with Gasteiger partial charge in [0.15, 0.2) is 6.61 Å². The Labute approximate surface area is 181 Å². The minimum absolute atomic E-state index is 0.132. The fraction of sp³-hybridized carbons (Fsp3) is 0.300. The van der Waals surface area contributed by atoms with E-state index >= 15 is 0 Å². The monoisotopic (exact) mass is 448 g/mol. The van der Waals surface area contributed by atoms with E-state index in [1.165, 1.54) is 28.0 Å². The highest BCUT2D eigenvalue weighted by Crippen LogP contribution is 2.36. The Morgan fingerprint density at radius 2 is 1.93 bits per heavy atom. The van der Waals surface area contributed by atoms with Crippen LogP contribution in [0.15, 0.2) is 35.7 Å². The van der Waals surface area contributed by atoms with Crippen LogP contribution < -0.4 is 5.32 Å². The van der Waals surface area contributed by atoms with Crippen molar-refractivity contribution in [1.82, 2.24) is 4.90 Å². The first-order valence-corrected chi connectivity index (χ1v) is 11.2. The minimum Gasteiger partial charge on any atom is -0.462 e. The fourth-order valence-corrected chi connectivity index (χ4v) is 4.61. The standard InChI is InChI=1S/C20H20N2O6S2/c1-2-27-20(26)18-14(13-6-4-3-5-7-13)10-30-19(18)21-15(23)9-28-17(25)8-22-12-29-11-16(22)24/h3-7,10H,2,8-9,11-12H2,1H3,(H,21,23). The molecular weight excluding hydrogens is 428 g/mol. The molecule has 2 heterocycles. The summed E-state index contributed by atoms with van der Waals surface area (Å²) in [6.45, 7) is 1.19. The van der Waals surface area contributed by atoms with E-state index in [-0.39, 0.29) is 24.6 Å². The van der Waals surface area contributed by atoms with E-state index < -0.39 is 24.5 Å². The van der Waals surface area contributed by atoms with Crippen molar-refractivity contribution in [3.63, 3.8) is 0 Å². The van der Waals surface area contributed by atoms with Crippen molar-refractivity contribution in [2.24, 2.45) is 0 Å². The lowest BCUT2D eigenvalue weighted by Crippen LogP contribution is -2.33. The van der Waals surface area contributed by atoms with Gasteiger partial charge in [-0.2, -0.15) is 0 Å². The van der Waals surface area contributed by atoms with E-state index in [4.69, 9.17) is 9.47 Å². The molecule has 0 saturated carbocycles. The van der Waals surface area contributed by atoms with E-state index in [1.807, 2.05) is 30.3 Å². The second kappa shape index (κ2) is 10.3. The first kappa shape index (κ1) is 21.8. The number of carbonyl (C=O) groups is 4. The number of nitrogens with zero attached hydrogens (tertiary/aromatic N) is 1. The van der Waals surface area contributed by atoms with Gasteiger partial charge in [0.25, 0.3) is 5.91 Å². The van der Waals surface area contributed by atoms with E-state index in [2.05, 4.69) is 5.32 Å². The van der Waals surface area contributed by atoms with Crippen LogP contribution in [0.25, 0.3) is 11.1 Å². The van der Waals surface area contributed by atoms with Crippen LogP contribution in [0.4, 0.5) is 5.00 Å². The quantitative estimate of drug-likeness (QED) is 0.619. The van der Waals surface area contributed by atoms with Gasteiger partial charge in [-0.1, -0.05) is 30.3 Å². The summed E-state index contributed by atoms with van der Waals surface area (Å²) < 4.78 is 10.1. The number of thiophene rings is 1. The number of hydrogen-bond acceptors (Lipinski definition) is 8. The third kappa shape index (κ3) is 5.39. The molecule has 0 atom stereocenters. The number of hydrogen-bond donors (Lipinski definition) is 1. The highest BCUT2D eigenvalue weighted by molar-refractivity contribution is 8.00. The van der Waals surface area contributed by atoms with Crippen molar-refractivity contribution in [1.29, 1.82) is 0 Å². The van der Waals surface area contributed by atoms with Crippen molar-refractivity contribution in [2.45, 2.75) is 6.92 Å². The fourth-order valence-electron chi connectivity index (χ4n) is 2.74. The topological polar surface area (TPSA) is 102 Å². The summed E-state index contributed by atoms with van der Waals surface area (Å²) >= 11 is 2.60. The number of nitrogens with one attached hydrogen (secondary N) is 1. The molecule has 158 valence electrons. The lowest BCUT2D eigenvalue weighted by Gasteiger charge is -2.13. The van der Waals surface area contributed by atoms with E-state index in [9.17, 15) is 19.2 Å². The van der Waals surface area contributed by atoms with Gasteiger partial charge in [-0.25, -0.2) is 4.79 Å². The smallest absolute Gasteiger partial charge is 0.341 e.